The molecule has 0 saturated heterocycles. The van der Waals surface area contributed by atoms with Crippen LogP contribution in [0, 0.1) is 0 Å². The van der Waals surface area contributed by atoms with E-state index >= 15 is 0 Å². The highest BCUT2D eigenvalue weighted by Crippen LogP contribution is 2.22. The monoisotopic (exact) mass is 193 g/mol. The summed E-state index contributed by atoms with van der Waals surface area (Å²) in [6.07, 6.45) is 0.0690. The van der Waals surface area contributed by atoms with Crippen molar-refractivity contribution in [2.75, 3.05) is 0 Å². The predicted molar refractivity (Wildman–Crippen MR) is 51.0 cm³/mol. The molecule has 0 aliphatic heterocycles. The van der Waals surface area contributed by atoms with E-state index in [1.54, 1.807) is 5.51 Å². The van der Waals surface area contributed by atoms with Gasteiger partial charge in [0.25, 0.3) is 0 Å². The van der Waals surface area contributed by atoms with Crippen molar-refractivity contribution >= 4 is 27.5 Å². The first kappa shape index (κ1) is 8.19. The molecular weight excluding hydrogens is 186 g/mol. The van der Waals surface area contributed by atoms with E-state index in [1.807, 2.05) is 18.2 Å². The fourth-order valence-corrected chi connectivity index (χ4v) is 2.05. The van der Waals surface area contributed by atoms with Gasteiger partial charge in [0, 0.05) is 0 Å². The normalized spacial score (nSPS) is 10.5. The summed E-state index contributed by atoms with van der Waals surface area (Å²) in [5.41, 5.74) is 3.45. The second-order valence-electron chi connectivity index (χ2n) is 2.69. The van der Waals surface area contributed by atoms with Crippen LogP contribution >= 0.6 is 11.3 Å². The Balaban J connectivity index is 2.54. The van der Waals surface area contributed by atoms with Crippen LogP contribution in [0.3, 0.4) is 0 Å². The smallest absolute Gasteiger partial charge is 0.307 e. The molecule has 0 bridgehead atoms. The quantitative estimate of drug-likeness (QED) is 0.792. The number of rotatable bonds is 2. The second kappa shape index (κ2) is 3.14. The lowest BCUT2D eigenvalue weighted by atomic mass is 10.1. The lowest BCUT2D eigenvalue weighted by Crippen LogP contribution is -1.99. The Morgan fingerprint density at radius 2 is 2.38 bits per heavy atom. The lowest BCUT2D eigenvalue weighted by molar-refractivity contribution is -0.136. The molecule has 1 N–H and O–H groups in total. The standard InChI is InChI=1S/C9H7NO2S/c11-8(12)4-6-2-1-3-7-9(6)13-5-10-7/h1-3,5H,4H2,(H,11,12). The van der Waals surface area contributed by atoms with Gasteiger partial charge in [-0.05, 0) is 11.6 Å². The third kappa shape index (κ3) is 1.53. The number of benzene rings is 1. The summed E-state index contributed by atoms with van der Waals surface area (Å²) in [6, 6.07) is 5.55. The van der Waals surface area contributed by atoms with Crippen molar-refractivity contribution in [2.45, 2.75) is 6.42 Å². The van der Waals surface area contributed by atoms with Gasteiger partial charge in [0.1, 0.15) is 0 Å². The van der Waals surface area contributed by atoms with Gasteiger partial charge in [0.15, 0.2) is 0 Å². The van der Waals surface area contributed by atoms with E-state index in [4.69, 9.17) is 5.11 Å². The number of hydrogen-bond acceptors (Lipinski definition) is 3. The molecule has 0 aliphatic carbocycles. The topological polar surface area (TPSA) is 50.2 Å². The summed E-state index contributed by atoms with van der Waals surface area (Å²) in [6.45, 7) is 0. The van der Waals surface area contributed by atoms with E-state index in [0.717, 1.165) is 15.8 Å². The maximum absolute atomic E-state index is 10.5. The average Bonchev–Trinajstić information content (AvgIpc) is 2.51. The maximum atomic E-state index is 10.5. The van der Waals surface area contributed by atoms with E-state index in [1.165, 1.54) is 11.3 Å². The minimum Gasteiger partial charge on any atom is -0.481 e. The van der Waals surface area contributed by atoms with Crippen molar-refractivity contribution in [2.24, 2.45) is 0 Å². The Bertz CT molecular complexity index is 450. The highest BCUT2D eigenvalue weighted by atomic mass is 32.1. The van der Waals surface area contributed by atoms with Crippen molar-refractivity contribution < 1.29 is 9.90 Å². The highest BCUT2D eigenvalue weighted by molar-refractivity contribution is 7.16. The van der Waals surface area contributed by atoms with E-state index < -0.39 is 5.97 Å². The Kier molecular flexibility index (Phi) is 1.98. The van der Waals surface area contributed by atoms with Gasteiger partial charge in [-0.1, -0.05) is 12.1 Å². The van der Waals surface area contributed by atoms with Gasteiger partial charge in [-0.15, -0.1) is 11.3 Å². The first-order valence-electron chi connectivity index (χ1n) is 3.80. The molecule has 0 radical (unpaired) electrons. The molecule has 66 valence electrons. The average molecular weight is 193 g/mol. The number of carboxylic acid groups (broad SMARTS) is 1. The van der Waals surface area contributed by atoms with Crippen LogP contribution in [0.1, 0.15) is 5.56 Å². The number of aliphatic carboxylic acids is 1. The Morgan fingerprint density at radius 3 is 3.15 bits per heavy atom. The molecule has 13 heavy (non-hydrogen) atoms. The van der Waals surface area contributed by atoms with E-state index in [9.17, 15) is 4.79 Å². The number of thiazole rings is 1. The summed E-state index contributed by atoms with van der Waals surface area (Å²) in [7, 11) is 0. The molecule has 0 amide bonds. The van der Waals surface area contributed by atoms with Gasteiger partial charge in [0.2, 0.25) is 0 Å². The summed E-state index contributed by atoms with van der Waals surface area (Å²) < 4.78 is 0.977. The lowest BCUT2D eigenvalue weighted by Gasteiger charge is -1.96. The van der Waals surface area contributed by atoms with Crippen LogP contribution < -0.4 is 0 Å². The third-order valence-electron chi connectivity index (χ3n) is 1.78. The van der Waals surface area contributed by atoms with Gasteiger partial charge in [-0.2, -0.15) is 0 Å². The predicted octanol–water partition coefficient (Wildman–Crippen LogP) is 1.92. The van der Waals surface area contributed by atoms with Crippen LogP contribution in [-0.2, 0) is 11.2 Å². The Labute approximate surface area is 78.7 Å². The van der Waals surface area contributed by atoms with Gasteiger partial charge < -0.3 is 5.11 Å². The van der Waals surface area contributed by atoms with Crippen molar-refractivity contribution in [3.05, 3.63) is 29.3 Å². The summed E-state index contributed by atoms with van der Waals surface area (Å²) >= 11 is 1.48. The molecule has 2 rings (SSSR count). The van der Waals surface area contributed by atoms with Gasteiger partial charge >= 0.3 is 5.97 Å². The molecule has 0 aliphatic rings. The zero-order chi connectivity index (χ0) is 9.26. The number of carbonyl (C=O) groups is 1. The molecule has 2 aromatic rings. The van der Waals surface area contributed by atoms with E-state index in [-0.39, 0.29) is 6.42 Å². The van der Waals surface area contributed by atoms with Crippen molar-refractivity contribution in [1.82, 2.24) is 4.98 Å². The van der Waals surface area contributed by atoms with E-state index in [0.29, 0.717) is 0 Å². The summed E-state index contributed by atoms with van der Waals surface area (Å²) in [5.74, 6) is -0.805. The van der Waals surface area contributed by atoms with Crippen molar-refractivity contribution in [1.29, 1.82) is 0 Å². The molecule has 1 aromatic heterocycles. The largest absolute Gasteiger partial charge is 0.481 e. The van der Waals surface area contributed by atoms with Gasteiger partial charge in [-0.3, -0.25) is 4.79 Å². The minimum absolute atomic E-state index is 0.0690. The number of aromatic nitrogens is 1. The molecule has 3 nitrogen and oxygen atoms in total. The van der Waals surface area contributed by atoms with Crippen LogP contribution in [0.5, 0.6) is 0 Å². The number of hydrogen-bond donors (Lipinski definition) is 1. The third-order valence-corrected chi connectivity index (χ3v) is 2.70. The Morgan fingerprint density at radius 1 is 1.54 bits per heavy atom. The molecule has 0 saturated carbocycles. The number of nitrogens with zero attached hydrogens (tertiary/aromatic N) is 1. The summed E-state index contributed by atoms with van der Waals surface area (Å²) in [4.78, 5) is 14.6. The molecule has 0 spiro atoms. The van der Waals surface area contributed by atoms with Crippen molar-refractivity contribution in [3.63, 3.8) is 0 Å². The first-order chi connectivity index (χ1) is 6.27. The molecule has 0 atom stereocenters. The molecular formula is C9H7NO2S. The van der Waals surface area contributed by atoms with Crippen LogP contribution in [0.2, 0.25) is 0 Å². The molecule has 4 heteroatoms. The zero-order valence-corrected chi connectivity index (χ0v) is 7.54. The maximum Gasteiger partial charge on any atom is 0.307 e. The molecule has 1 aromatic carbocycles. The first-order valence-corrected chi connectivity index (χ1v) is 4.68. The van der Waals surface area contributed by atoms with Crippen LogP contribution in [0.15, 0.2) is 23.7 Å². The molecule has 1 heterocycles. The zero-order valence-electron chi connectivity index (χ0n) is 6.73. The highest BCUT2D eigenvalue weighted by Gasteiger charge is 2.06. The van der Waals surface area contributed by atoms with Crippen LogP contribution in [-0.4, -0.2) is 16.1 Å². The van der Waals surface area contributed by atoms with Crippen molar-refractivity contribution in [3.8, 4) is 0 Å². The van der Waals surface area contributed by atoms with Gasteiger partial charge in [-0.25, -0.2) is 4.98 Å². The number of carboxylic acids is 1. The van der Waals surface area contributed by atoms with Gasteiger partial charge in [0.05, 0.1) is 22.1 Å². The SMILES string of the molecule is O=C(O)Cc1cccc2ncsc12. The second-order valence-corrected chi connectivity index (χ2v) is 3.54. The van der Waals surface area contributed by atoms with Crippen LogP contribution in [0.4, 0.5) is 0 Å². The fraction of sp³-hybridized carbons (Fsp3) is 0.111. The molecule has 0 unspecified atom stereocenters. The minimum atomic E-state index is -0.805. The van der Waals surface area contributed by atoms with Crippen LogP contribution in [0.25, 0.3) is 10.2 Å². The molecule has 0 fully saturated rings. The van der Waals surface area contributed by atoms with E-state index in [2.05, 4.69) is 4.98 Å². The number of fused-ring (bicyclic) bond motifs is 1. The Hall–Kier alpha value is -1.42. The summed E-state index contributed by atoms with van der Waals surface area (Å²) in [5, 5.41) is 8.65. The fourth-order valence-electron chi connectivity index (χ4n) is 1.25.